The third kappa shape index (κ3) is 1.09. The Morgan fingerprint density at radius 2 is 2.25 bits per heavy atom. The average Bonchev–Trinajstić information content (AvgIpc) is 2.03. The van der Waals surface area contributed by atoms with Gasteiger partial charge in [0.25, 0.3) is 0 Å². The molecule has 60 valence electrons. The first-order valence-electron chi connectivity index (χ1n) is 3.66. The van der Waals surface area contributed by atoms with Gasteiger partial charge in [-0.1, -0.05) is 6.08 Å². The molecule has 1 N–H and O–H groups in total. The summed E-state index contributed by atoms with van der Waals surface area (Å²) in [4.78, 5) is 14.6. The van der Waals surface area contributed by atoms with Gasteiger partial charge in [-0.3, -0.25) is 4.79 Å². The lowest BCUT2D eigenvalue weighted by molar-refractivity contribution is -0.117. The highest BCUT2D eigenvalue weighted by Crippen LogP contribution is 2.00. The Morgan fingerprint density at radius 1 is 1.42 bits per heavy atom. The third-order valence-electron chi connectivity index (χ3n) is 1.76. The highest BCUT2D eigenvalue weighted by molar-refractivity contribution is 5.82. The normalized spacial score (nSPS) is 14.5. The zero-order chi connectivity index (χ0) is 8.55. The van der Waals surface area contributed by atoms with Crippen LogP contribution < -0.4 is 10.6 Å². The fourth-order valence-electron chi connectivity index (χ4n) is 1.18. The Bertz CT molecular complexity index is 448. The molecule has 1 amide bonds. The summed E-state index contributed by atoms with van der Waals surface area (Å²) in [5.74, 6) is -0.0197. The van der Waals surface area contributed by atoms with E-state index in [0.717, 1.165) is 5.22 Å². The van der Waals surface area contributed by atoms with Crippen molar-refractivity contribution in [2.24, 2.45) is 4.99 Å². The molecule has 0 spiro atoms. The van der Waals surface area contributed by atoms with Gasteiger partial charge in [-0.2, -0.15) is 0 Å². The van der Waals surface area contributed by atoms with Crippen LogP contribution in [-0.4, -0.2) is 11.0 Å². The SMILES string of the molecule is O=C1CC=c2ccc(O)cc2=N1. The predicted molar refractivity (Wildman–Crippen MR) is 43.0 cm³/mol. The molecular formula is C9H7NO2. The summed E-state index contributed by atoms with van der Waals surface area (Å²) in [6, 6.07) is 4.82. The first-order chi connectivity index (χ1) is 5.75. The predicted octanol–water partition coefficient (Wildman–Crippen LogP) is -0.277. The number of carbonyl (C=O) groups excluding carboxylic acids is 1. The van der Waals surface area contributed by atoms with Crippen LogP contribution in [0.5, 0.6) is 5.75 Å². The second-order valence-corrected chi connectivity index (χ2v) is 2.66. The number of fused-ring (bicyclic) bond motifs is 1. The molecule has 12 heavy (non-hydrogen) atoms. The number of hydrogen-bond acceptors (Lipinski definition) is 2. The first-order valence-corrected chi connectivity index (χ1v) is 3.66. The zero-order valence-electron chi connectivity index (χ0n) is 6.32. The largest absolute Gasteiger partial charge is 0.508 e. The van der Waals surface area contributed by atoms with Crippen molar-refractivity contribution in [3.05, 3.63) is 28.8 Å². The standard InChI is InChI=1S/C9H7NO2/c11-7-3-1-6-2-4-9(12)10-8(6)5-7/h1-3,5,11H,4H2. The number of benzene rings is 1. The summed E-state index contributed by atoms with van der Waals surface area (Å²) in [5, 5.41) is 10.6. The van der Waals surface area contributed by atoms with E-state index in [9.17, 15) is 4.79 Å². The lowest BCUT2D eigenvalue weighted by atomic mass is 10.2. The first kappa shape index (κ1) is 7.03. The number of aromatic hydroxyl groups is 1. The lowest BCUT2D eigenvalue weighted by Gasteiger charge is -1.97. The van der Waals surface area contributed by atoms with Gasteiger partial charge in [-0.25, -0.2) is 4.99 Å². The quantitative estimate of drug-likeness (QED) is 0.569. The van der Waals surface area contributed by atoms with Crippen molar-refractivity contribution in [2.75, 3.05) is 0 Å². The summed E-state index contributed by atoms with van der Waals surface area (Å²) in [5.41, 5.74) is 0. The van der Waals surface area contributed by atoms with E-state index >= 15 is 0 Å². The molecule has 0 unspecified atom stereocenters. The van der Waals surface area contributed by atoms with Gasteiger partial charge in [-0.15, -0.1) is 0 Å². The van der Waals surface area contributed by atoms with Gasteiger partial charge in [0.1, 0.15) is 5.75 Å². The van der Waals surface area contributed by atoms with E-state index in [0.29, 0.717) is 11.8 Å². The Hall–Kier alpha value is -1.64. The number of amides is 1. The topological polar surface area (TPSA) is 49.7 Å². The number of phenolic OH excluding ortho intramolecular Hbond substituents is 1. The smallest absolute Gasteiger partial charge is 0.250 e. The van der Waals surface area contributed by atoms with Gasteiger partial charge < -0.3 is 5.11 Å². The Kier molecular flexibility index (Phi) is 1.43. The Morgan fingerprint density at radius 3 is 3.08 bits per heavy atom. The molecule has 0 saturated carbocycles. The molecule has 1 aromatic carbocycles. The fraction of sp³-hybridized carbons (Fsp3) is 0.111. The van der Waals surface area contributed by atoms with Gasteiger partial charge >= 0.3 is 0 Å². The second kappa shape index (κ2) is 2.44. The maximum Gasteiger partial charge on any atom is 0.250 e. The van der Waals surface area contributed by atoms with Crippen LogP contribution in [0.1, 0.15) is 6.42 Å². The van der Waals surface area contributed by atoms with E-state index in [1.165, 1.54) is 6.07 Å². The number of rotatable bonds is 0. The minimum absolute atomic E-state index is 0.139. The van der Waals surface area contributed by atoms with E-state index in [-0.39, 0.29) is 11.7 Å². The second-order valence-electron chi connectivity index (χ2n) is 2.66. The van der Waals surface area contributed by atoms with E-state index < -0.39 is 0 Å². The van der Waals surface area contributed by atoms with Crippen LogP contribution in [0.2, 0.25) is 0 Å². The molecule has 1 aliphatic heterocycles. The molecule has 1 aromatic rings. The van der Waals surface area contributed by atoms with Crippen molar-refractivity contribution in [3.63, 3.8) is 0 Å². The average molecular weight is 161 g/mol. The maximum absolute atomic E-state index is 10.9. The summed E-state index contributed by atoms with van der Waals surface area (Å²) >= 11 is 0. The molecule has 3 heteroatoms. The van der Waals surface area contributed by atoms with Crippen LogP contribution in [0.15, 0.2) is 23.2 Å². The van der Waals surface area contributed by atoms with Crippen molar-refractivity contribution >= 4 is 12.0 Å². The fourth-order valence-corrected chi connectivity index (χ4v) is 1.18. The van der Waals surface area contributed by atoms with Crippen molar-refractivity contribution < 1.29 is 9.90 Å². The molecule has 3 nitrogen and oxygen atoms in total. The molecule has 0 saturated heterocycles. The summed E-state index contributed by atoms with van der Waals surface area (Å²) in [6.07, 6.45) is 2.17. The van der Waals surface area contributed by atoms with Crippen LogP contribution in [0.4, 0.5) is 0 Å². The van der Waals surface area contributed by atoms with Gasteiger partial charge in [0.05, 0.1) is 5.36 Å². The van der Waals surface area contributed by atoms with Gasteiger partial charge in [0.2, 0.25) is 5.91 Å². The van der Waals surface area contributed by atoms with Crippen molar-refractivity contribution in [3.8, 4) is 5.75 Å². The van der Waals surface area contributed by atoms with E-state index in [1.54, 1.807) is 12.1 Å². The monoisotopic (exact) mass is 161 g/mol. The van der Waals surface area contributed by atoms with Crippen LogP contribution in [-0.2, 0) is 4.79 Å². The van der Waals surface area contributed by atoms with Gasteiger partial charge in [0, 0.05) is 12.5 Å². The molecule has 0 aromatic heterocycles. The minimum Gasteiger partial charge on any atom is -0.508 e. The summed E-state index contributed by atoms with van der Waals surface area (Å²) < 4.78 is 0. The number of carbonyl (C=O) groups is 1. The molecule has 0 fully saturated rings. The number of phenols is 1. The minimum atomic E-state index is -0.159. The molecule has 0 aliphatic carbocycles. The summed E-state index contributed by atoms with van der Waals surface area (Å²) in [7, 11) is 0. The molecule has 0 atom stereocenters. The summed E-state index contributed by atoms with van der Waals surface area (Å²) in [6.45, 7) is 0. The van der Waals surface area contributed by atoms with Crippen molar-refractivity contribution in [1.29, 1.82) is 0 Å². The van der Waals surface area contributed by atoms with Crippen molar-refractivity contribution in [1.82, 2.24) is 0 Å². The Labute approximate surface area is 68.7 Å². The van der Waals surface area contributed by atoms with E-state index in [4.69, 9.17) is 5.11 Å². The highest BCUT2D eigenvalue weighted by Gasteiger charge is 2.02. The molecule has 1 aliphatic rings. The van der Waals surface area contributed by atoms with Crippen LogP contribution >= 0.6 is 0 Å². The highest BCUT2D eigenvalue weighted by atomic mass is 16.3. The van der Waals surface area contributed by atoms with Gasteiger partial charge in [0.15, 0.2) is 0 Å². The van der Waals surface area contributed by atoms with Crippen LogP contribution in [0.25, 0.3) is 6.08 Å². The lowest BCUT2D eigenvalue weighted by Crippen LogP contribution is -2.28. The molecule has 0 bridgehead atoms. The van der Waals surface area contributed by atoms with Crippen molar-refractivity contribution in [2.45, 2.75) is 6.42 Å². The molecule has 1 heterocycles. The molecule has 0 radical (unpaired) electrons. The Balaban J connectivity index is 2.81. The maximum atomic E-state index is 10.9. The number of hydrogen-bond donors (Lipinski definition) is 1. The molecule has 2 rings (SSSR count). The number of nitrogens with zero attached hydrogens (tertiary/aromatic N) is 1. The van der Waals surface area contributed by atoms with Crippen LogP contribution in [0, 0.1) is 0 Å². The van der Waals surface area contributed by atoms with Gasteiger partial charge in [-0.05, 0) is 17.4 Å². The van der Waals surface area contributed by atoms with E-state index in [1.807, 2.05) is 6.08 Å². The van der Waals surface area contributed by atoms with Crippen LogP contribution in [0.3, 0.4) is 0 Å². The zero-order valence-corrected chi connectivity index (χ0v) is 6.32. The third-order valence-corrected chi connectivity index (χ3v) is 1.76. The van der Waals surface area contributed by atoms with E-state index in [2.05, 4.69) is 4.99 Å². The molecular weight excluding hydrogens is 154 g/mol.